The molecule has 0 fully saturated rings. The van der Waals surface area contributed by atoms with Crippen LogP contribution in [-0.4, -0.2) is 27.3 Å². The van der Waals surface area contributed by atoms with Crippen LogP contribution >= 0.6 is 0 Å². The van der Waals surface area contributed by atoms with Gasteiger partial charge in [0.2, 0.25) is 5.95 Å². The number of esters is 1. The minimum Gasteiger partial charge on any atom is -0.462 e. The van der Waals surface area contributed by atoms with Crippen LogP contribution in [0.15, 0.2) is 41.9 Å². The zero-order valence-electron chi connectivity index (χ0n) is 16.4. The van der Waals surface area contributed by atoms with E-state index in [0.29, 0.717) is 23.8 Å². The number of allylic oxidation sites excluding steroid dienone is 1. The average molecular weight is 386 g/mol. The molecule has 1 aliphatic rings. The largest absolute Gasteiger partial charge is 0.462 e. The number of halogens is 1. The van der Waals surface area contributed by atoms with Crippen LogP contribution in [0.1, 0.15) is 64.0 Å². The van der Waals surface area contributed by atoms with Gasteiger partial charge in [0.05, 0.1) is 12.2 Å². The molecule has 1 atom stereocenters. The Morgan fingerprint density at radius 3 is 2.64 bits per heavy atom. The third-order valence-electron chi connectivity index (χ3n) is 4.93. The number of rotatable bonds is 9. The first kappa shape index (κ1) is 20.0. The third kappa shape index (κ3) is 4.58. The van der Waals surface area contributed by atoms with Gasteiger partial charge in [-0.05, 0) is 31.0 Å². The van der Waals surface area contributed by atoms with E-state index in [-0.39, 0.29) is 11.8 Å². The predicted molar refractivity (Wildman–Crippen MR) is 105 cm³/mol. The molecule has 0 aliphatic carbocycles. The fourth-order valence-corrected chi connectivity index (χ4v) is 3.43. The molecule has 0 saturated carbocycles. The van der Waals surface area contributed by atoms with Gasteiger partial charge in [0, 0.05) is 5.70 Å². The molecular weight excluding hydrogens is 359 g/mol. The van der Waals surface area contributed by atoms with Crippen molar-refractivity contribution in [1.82, 2.24) is 14.8 Å². The smallest absolute Gasteiger partial charge is 0.338 e. The van der Waals surface area contributed by atoms with Crippen molar-refractivity contribution >= 4 is 11.9 Å². The van der Waals surface area contributed by atoms with Gasteiger partial charge in [0.1, 0.15) is 18.2 Å². The van der Waals surface area contributed by atoms with Gasteiger partial charge in [-0.1, -0.05) is 51.2 Å². The van der Waals surface area contributed by atoms with Crippen LogP contribution in [0.25, 0.3) is 0 Å². The fourth-order valence-electron chi connectivity index (χ4n) is 3.43. The van der Waals surface area contributed by atoms with Crippen molar-refractivity contribution in [3.8, 4) is 0 Å². The highest BCUT2D eigenvalue weighted by Crippen LogP contribution is 2.35. The van der Waals surface area contributed by atoms with Gasteiger partial charge in [-0.2, -0.15) is 10.1 Å². The van der Waals surface area contributed by atoms with Crippen LogP contribution in [-0.2, 0) is 9.53 Å². The summed E-state index contributed by atoms with van der Waals surface area (Å²) in [6.07, 6.45) is 8.18. The number of anilines is 1. The van der Waals surface area contributed by atoms with Crippen LogP contribution in [0.4, 0.5) is 10.3 Å². The van der Waals surface area contributed by atoms with Crippen LogP contribution in [0, 0.1) is 5.82 Å². The summed E-state index contributed by atoms with van der Waals surface area (Å²) < 4.78 is 20.6. The number of hydrogen-bond acceptors (Lipinski definition) is 5. The molecule has 2 heterocycles. The van der Waals surface area contributed by atoms with E-state index in [1.165, 1.54) is 37.7 Å². The average Bonchev–Trinajstić information content (AvgIpc) is 3.14. The molecule has 6 nitrogen and oxygen atoms in total. The summed E-state index contributed by atoms with van der Waals surface area (Å²) in [7, 11) is 0. The number of benzene rings is 1. The Kier molecular flexibility index (Phi) is 6.79. The summed E-state index contributed by atoms with van der Waals surface area (Å²) in [5.74, 6) is -0.169. The Bertz CT molecular complexity index is 829. The van der Waals surface area contributed by atoms with Crippen molar-refractivity contribution in [3.63, 3.8) is 0 Å². The molecule has 0 spiro atoms. The lowest BCUT2D eigenvalue weighted by Gasteiger charge is -2.28. The second-order valence-electron chi connectivity index (χ2n) is 7.05. The molecule has 0 radical (unpaired) electrons. The fraction of sp³-hybridized carbons (Fsp3) is 0.476. The van der Waals surface area contributed by atoms with Crippen molar-refractivity contribution in [1.29, 1.82) is 0 Å². The number of fused-ring (bicyclic) bond motifs is 1. The van der Waals surface area contributed by atoms with Crippen molar-refractivity contribution in [2.24, 2.45) is 0 Å². The first-order valence-corrected chi connectivity index (χ1v) is 9.91. The number of aromatic nitrogens is 3. The van der Waals surface area contributed by atoms with Crippen LogP contribution in [0.2, 0.25) is 0 Å². The molecule has 1 aromatic heterocycles. The zero-order valence-corrected chi connectivity index (χ0v) is 16.4. The topological polar surface area (TPSA) is 69.0 Å². The lowest BCUT2D eigenvalue weighted by Crippen LogP contribution is -2.29. The number of unbranched alkanes of at least 4 members (excludes halogenated alkanes) is 5. The van der Waals surface area contributed by atoms with Crippen molar-refractivity contribution in [3.05, 3.63) is 53.2 Å². The highest BCUT2D eigenvalue weighted by Gasteiger charge is 2.34. The van der Waals surface area contributed by atoms with Gasteiger partial charge in [0.25, 0.3) is 0 Å². The van der Waals surface area contributed by atoms with Gasteiger partial charge in [-0.15, -0.1) is 0 Å². The Morgan fingerprint density at radius 1 is 1.18 bits per heavy atom. The highest BCUT2D eigenvalue weighted by atomic mass is 19.1. The van der Waals surface area contributed by atoms with E-state index in [1.54, 1.807) is 16.8 Å². The third-order valence-corrected chi connectivity index (χ3v) is 4.93. The molecule has 3 rings (SSSR count). The Hall–Kier alpha value is -2.70. The summed E-state index contributed by atoms with van der Waals surface area (Å²) in [6.45, 7) is 4.40. The van der Waals surface area contributed by atoms with Crippen molar-refractivity contribution in [2.75, 3.05) is 11.9 Å². The van der Waals surface area contributed by atoms with Gasteiger partial charge >= 0.3 is 5.97 Å². The van der Waals surface area contributed by atoms with E-state index in [0.717, 1.165) is 24.8 Å². The molecule has 1 N–H and O–H groups in total. The monoisotopic (exact) mass is 386 g/mol. The van der Waals surface area contributed by atoms with Crippen molar-refractivity contribution < 1.29 is 13.9 Å². The molecule has 1 aromatic carbocycles. The number of carbonyl (C=O) groups is 1. The summed E-state index contributed by atoms with van der Waals surface area (Å²) >= 11 is 0. The first-order chi connectivity index (χ1) is 13.6. The lowest BCUT2D eigenvalue weighted by molar-refractivity contribution is -0.139. The van der Waals surface area contributed by atoms with Crippen LogP contribution in [0.5, 0.6) is 0 Å². The molecule has 0 saturated heterocycles. The number of nitrogens with one attached hydrogen (secondary N) is 1. The second-order valence-corrected chi connectivity index (χ2v) is 7.05. The maximum atomic E-state index is 13.4. The molecule has 0 amide bonds. The van der Waals surface area contributed by atoms with E-state index in [1.807, 2.05) is 6.92 Å². The standard InChI is InChI=1S/C21H27FN4O2/c1-3-4-5-6-7-8-13-28-20(27)18-15(2)25-21-23-14-24-26(21)19(18)16-9-11-17(22)12-10-16/h9-12,14,19H,3-8,13H2,1-2H3,(H,23,24,25)/t19-/m0/s1. The molecule has 2 aromatic rings. The van der Waals surface area contributed by atoms with Crippen molar-refractivity contribution in [2.45, 2.75) is 58.4 Å². The summed E-state index contributed by atoms with van der Waals surface area (Å²) in [4.78, 5) is 17.1. The summed E-state index contributed by atoms with van der Waals surface area (Å²) in [5.41, 5.74) is 1.89. The second kappa shape index (κ2) is 9.48. The molecule has 28 heavy (non-hydrogen) atoms. The van der Waals surface area contributed by atoms with E-state index in [9.17, 15) is 9.18 Å². The van der Waals surface area contributed by atoms with Gasteiger partial charge < -0.3 is 10.1 Å². The van der Waals surface area contributed by atoms with E-state index in [4.69, 9.17) is 4.74 Å². The molecule has 1 aliphatic heterocycles. The van der Waals surface area contributed by atoms with Crippen LogP contribution in [0.3, 0.4) is 0 Å². The maximum Gasteiger partial charge on any atom is 0.338 e. The van der Waals surface area contributed by atoms with E-state index >= 15 is 0 Å². The Morgan fingerprint density at radius 2 is 1.89 bits per heavy atom. The number of nitrogens with zero attached hydrogens (tertiary/aromatic N) is 3. The van der Waals surface area contributed by atoms with Gasteiger partial charge in [-0.25, -0.2) is 13.9 Å². The van der Waals surface area contributed by atoms with Gasteiger partial charge in [0.15, 0.2) is 0 Å². The Labute approximate surface area is 164 Å². The molecule has 0 bridgehead atoms. The number of carbonyl (C=O) groups excluding carboxylic acids is 1. The molecule has 7 heteroatoms. The lowest BCUT2D eigenvalue weighted by atomic mass is 9.96. The number of ether oxygens (including phenoxy) is 1. The van der Waals surface area contributed by atoms with E-state index < -0.39 is 6.04 Å². The van der Waals surface area contributed by atoms with E-state index in [2.05, 4.69) is 22.3 Å². The summed E-state index contributed by atoms with van der Waals surface area (Å²) in [6, 6.07) is 5.57. The molecule has 150 valence electrons. The first-order valence-electron chi connectivity index (χ1n) is 9.91. The summed E-state index contributed by atoms with van der Waals surface area (Å²) in [5, 5.41) is 7.35. The molecular formula is C21H27FN4O2. The minimum atomic E-state index is -0.503. The SMILES string of the molecule is CCCCCCCCOC(=O)C1=C(C)Nc2ncnn2[C@H]1c1ccc(F)cc1. The number of hydrogen-bond donors (Lipinski definition) is 1. The van der Waals surface area contributed by atoms with Crippen LogP contribution < -0.4 is 5.32 Å². The Balaban J connectivity index is 1.72. The quantitative estimate of drug-likeness (QED) is 0.503. The maximum absolute atomic E-state index is 13.4. The minimum absolute atomic E-state index is 0.329. The molecule has 0 unspecified atom stereocenters. The zero-order chi connectivity index (χ0) is 19.9. The normalized spacial score (nSPS) is 15.9. The predicted octanol–water partition coefficient (Wildman–Crippen LogP) is 4.61. The van der Waals surface area contributed by atoms with Gasteiger partial charge in [-0.3, -0.25) is 0 Å². The highest BCUT2D eigenvalue weighted by molar-refractivity contribution is 5.92.